The van der Waals surface area contributed by atoms with E-state index in [1.54, 1.807) is 0 Å². The average Bonchev–Trinajstić information content (AvgIpc) is 3.09. The summed E-state index contributed by atoms with van der Waals surface area (Å²) in [6, 6.07) is 19.8. The molecule has 2 aromatic heterocycles. The van der Waals surface area contributed by atoms with Crippen LogP contribution in [0.4, 0.5) is 11.5 Å². The lowest BCUT2D eigenvalue weighted by molar-refractivity contribution is -0.118. The smallest absolute Gasteiger partial charge is 0.220 e. The Morgan fingerprint density at radius 2 is 1.77 bits per heavy atom. The number of nitrogens with two attached hydrogens (primary N) is 1. The Labute approximate surface area is 175 Å². The molecule has 3 N–H and O–H groups in total. The molecule has 0 unspecified atom stereocenters. The summed E-state index contributed by atoms with van der Waals surface area (Å²) in [4.78, 5) is 16.0. The van der Waals surface area contributed by atoms with Crippen LogP contribution in [0.2, 0.25) is 0 Å². The first-order chi connectivity index (χ1) is 14.5. The number of imidazole rings is 1. The third-order valence-corrected chi connectivity index (χ3v) is 5.00. The first-order valence-electron chi connectivity index (χ1n) is 9.85. The number of benzene rings is 2. The second-order valence-corrected chi connectivity index (χ2v) is 7.19. The lowest BCUT2D eigenvalue weighted by atomic mass is 10.1. The number of pyridine rings is 1. The molecule has 0 aliphatic rings. The van der Waals surface area contributed by atoms with Crippen molar-refractivity contribution < 1.29 is 9.53 Å². The number of nitrogens with one attached hydrogen (secondary N) is 1. The molecule has 6 nitrogen and oxygen atoms in total. The number of aryl methyl sites for hydroxylation is 2. The number of anilines is 2. The van der Waals surface area contributed by atoms with Crippen molar-refractivity contribution in [3.05, 3.63) is 78.0 Å². The van der Waals surface area contributed by atoms with Crippen LogP contribution in [-0.4, -0.2) is 21.9 Å². The molecule has 4 rings (SSSR count). The van der Waals surface area contributed by atoms with Crippen LogP contribution in [0, 0.1) is 13.8 Å². The monoisotopic (exact) mass is 400 g/mol. The van der Waals surface area contributed by atoms with Crippen molar-refractivity contribution in [1.29, 1.82) is 0 Å². The molecule has 2 aromatic carbocycles. The Balaban J connectivity index is 1.83. The molecule has 0 aliphatic carbocycles. The average molecular weight is 400 g/mol. The van der Waals surface area contributed by atoms with Crippen LogP contribution < -0.4 is 15.8 Å². The zero-order chi connectivity index (χ0) is 21.1. The maximum atomic E-state index is 11.1. The Bertz CT molecular complexity index is 1190. The highest BCUT2D eigenvalue weighted by Crippen LogP contribution is 2.37. The van der Waals surface area contributed by atoms with E-state index in [0.717, 1.165) is 39.5 Å². The molecule has 0 bridgehead atoms. The van der Waals surface area contributed by atoms with Gasteiger partial charge < -0.3 is 15.8 Å². The number of para-hydroxylation sites is 2. The van der Waals surface area contributed by atoms with Gasteiger partial charge in [0.25, 0.3) is 0 Å². The fraction of sp³-hybridized carbons (Fsp3) is 0.167. The van der Waals surface area contributed by atoms with Gasteiger partial charge in [0.05, 0.1) is 13.0 Å². The Hall–Kier alpha value is -3.80. The second-order valence-electron chi connectivity index (χ2n) is 7.19. The van der Waals surface area contributed by atoms with Crippen molar-refractivity contribution in [2.24, 2.45) is 5.73 Å². The topological polar surface area (TPSA) is 81.6 Å². The molecule has 4 aromatic rings. The largest absolute Gasteiger partial charge is 0.492 e. The molecular weight excluding hydrogens is 376 g/mol. The number of nitrogens with zero attached hydrogens (tertiary/aromatic N) is 2. The zero-order valence-corrected chi connectivity index (χ0v) is 17.1. The van der Waals surface area contributed by atoms with Gasteiger partial charge in [0, 0.05) is 17.4 Å². The molecule has 0 saturated heterocycles. The van der Waals surface area contributed by atoms with Crippen molar-refractivity contribution in [3.8, 4) is 17.0 Å². The number of carbonyl (C=O) groups is 1. The molecule has 152 valence electrons. The van der Waals surface area contributed by atoms with Crippen LogP contribution in [0.1, 0.15) is 17.5 Å². The summed E-state index contributed by atoms with van der Waals surface area (Å²) in [5.74, 6) is 1.12. The number of ether oxygens (including phenoxy) is 1. The molecule has 0 saturated carbocycles. The number of aromatic nitrogens is 2. The quantitative estimate of drug-likeness (QED) is 0.474. The van der Waals surface area contributed by atoms with E-state index in [4.69, 9.17) is 15.5 Å². The van der Waals surface area contributed by atoms with E-state index in [1.807, 2.05) is 59.1 Å². The molecule has 0 atom stereocenters. The maximum absolute atomic E-state index is 11.1. The second kappa shape index (κ2) is 8.29. The summed E-state index contributed by atoms with van der Waals surface area (Å²) in [5, 5.41) is 3.60. The third-order valence-electron chi connectivity index (χ3n) is 5.00. The standard InChI is InChI=1S/C24H24N4O2/c1-16-8-7-9-17(2)22(16)27-24-23(26-21-12-5-6-14-28(21)24)18-10-3-4-11-19(18)30-15-13-20(25)29/h3-12,14,27H,13,15H2,1-2H3,(H2,25,29). The van der Waals surface area contributed by atoms with Crippen LogP contribution in [0.3, 0.4) is 0 Å². The van der Waals surface area contributed by atoms with Crippen molar-refractivity contribution in [1.82, 2.24) is 9.38 Å². The van der Waals surface area contributed by atoms with Gasteiger partial charge in [-0.25, -0.2) is 4.98 Å². The molecule has 30 heavy (non-hydrogen) atoms. The number of carbonyl (C=O) groups excluding carboxylic acids is 1. The van der Waals surface area contributed by atoms with Gasteiger partial charge in [-0.1, -0.05) is 36.4 Å². The minimum absolute atomic E-state index is 0.160. The van der Waals surface area contributed by atoms with E-state index in [0.29, 0.717) is 5.75 Å². The summed E-state index contributed by atoms with van der Waals surface area (Å²) in [6.45, 7) is 4.39. The Morgan fingerprint density at radius 1 is 1.03 bits per heavy atom. The fourth-order valence-electron chi connectivity index (χ4n) is 3.48. The van der Waals surface area contributed by atoms with Crippen LogP contribution >= 0.6 is 0 Å². The van der Waals surface area contributed by atoms with Gasteiger partial charge in [0.2, 0.25) is 5.91 Å². The summed E-state index contributed by atoms with van der Waals surface area (Å²) in [5.41, 5.74) is 11.1. The summed E-state index contributed by atoms with van der Waals surface area (Å²) >= 11 is 0. The third kappa shape index (κ3) is 3.85. The van der Waals surface area contributed by atoms with Crippen LogP contribution in [-0.2, 0) is 4.79 Å². The number of primary amides is 1. The molecule has 0 fully saturated rings. The number of amides is 1. The molecule has 6 heteroatoms. The van der Waals surface area contributed by atoms with Crippen LogP contribution in [0.5, 0.6) is 5.75 Å². The van der Waals surface area contributed by atoms with Gasteiger partial charge in [-0.15, -0.1) is 0 Å². The van der Waals surface area contributed by atoms with E-state index < -0.39 is 5.91 Å². The van der Waals surface area contributed by atoms with Gasteiger partial charge in [-0.2, -0.15) is 0 Å². The number of fused-ring (bicyclic) bond motifs is 1. The summed E-state index contributed by atoms with van der Waals surface area (Å²) in [7, 11) is 0. The minimum Gasteiger partial charge on any atom is -0.492 e. The molecular formula is C24H24N4O2. The first kappa shape index (κ1) is 19.5. The molecule has 0 spiro atoms. The SMILES string of the molecule is Cc1cccc(C)c1Nc1c(-c2ccccc2OCCC(N)=O)nc2ccccn12. The Kier molecular flexibility index (Phi) is 5.39. The molecule has 0 aliphatic heterocycles. The van der Waals surface area contributed by atoms with Crippen molar-refractivity contribution in [2.45, 2.75) is 20.3 Å². The highest BCUT2D eigenvalue weighted by atomic mass is 16.5. The predicted molar refractivity (Wildman–Crippen MR) is 119 cm³/mol. The van der Waals surface area contributed by atoms with Gasteiger partial charge in [0.15, 0.2) is 0 Å². The summed E-state index contributed by atoms with van der Waals surface area (Å²) in [6.07, 6.45) is 2.14. The van der Waals surface area contributed by atoms with Gasteiger partial charge in [-0.3, -0.25) is 9.20 Å². The van der Waals surface area contributed by atoms with E-state index in [2.05, 4.69) is 31.3 Å². The normalized spacial score (nSPS) is 10.9. The zero-order valence-electron chi connectivity index (χ0n) is 17.1. The van der Waals surface area contributed by atoms with E-state index in [1.165, 1.54) is 0 Å². The van der Waals surface area contributed by atoms with Gasteiger partial charge >= 0.3 is 0 Å². The van der Waals surface area contributed by atoms with Crippen LogP contribution in [0.25, 0.3) is 16.9 Å². The van der Waals surface area contributed by atoms with E-state index in [9.17, 15) is 4.79 Å². The van der Waals surface area contributed by atoms with Gasteiger partial charge in [0.1, 0.15) is 22.9 Å². The van der Waals surface area contributed by atoms with Crippen molar-refractivity contribution in [3.63, 3.8) is 0 Å². The van der Waals surface area contributed by atoms with Crippen molar-refractivity contribution >= 4 is 23.1 Å². The lowest BCUT2D eigenvalue weighted by Crippen LogP contribution is -2.14. The highest BCUT2D eigenvalue weighted by molar-refractivity contribution is 5.83. The number of hydrogen-bond donors (Lipinski definition) is 2. The molecule has 2 heterocycles. The predicted octanol–water partition coefficient (Wildman–Crippen LogP) is 4.62. The van der Waals surface area contributed by atoms with E-state index >= 15 is 0 Å². The van der Waals surface area contributed by atoms with Gasteiger partial charge in [-0.05, 0) is 49.2 Å². The van der Waals surface area contributed by atoms with Crippen LogP contribution in [0.15, 0.2) is 66.9 Å². The Morgan fingerprint density at radius 3 is 2.53 bits per heavy atom. The fourth-order valence-corrected chi connectivity index (χ4v) is 3.48. The maximum Gasteiger partial charge on any atom is 0.220 e. The summed E-state index contributed by atoms with van der Waals surface area (Å²) < 4.78 is 7.90. The highest BCUT2D eigenvalue weighted by Gasteiger charge is 2.19. The van der Waals surface area contributed by atoms with Crippen molar-refractivity contribution in [2.75, 3.05) is 11.9 Å². The van der Waals surface area contributed by atoms with E-state index in [-0.39, 0.29) is 13.0 Å². The molecule has 0 radical (unpaired) electrons. The first-order valence-corrected chi connectivity index (χ1v) is 9.85. The molecule has 1 amide bonds. The number of rotatable bonds is 7. The lowest BCUT2D eigenvalue weighted by Gasteiger charge is -2.15. The minimum atomic E-state index is -0.391. The number of hydrogen-bond acceptors (Lipinski definition) is 4.